The molecule has 0 radical (unpaired) electrons. The van der Waals surface area contributed by atoms with E-state index in [1.807, 2.05) is 18.2 Å². The summed E-state index contributed by atoms with van der Waals surface area (Å²) in [6.45, 7) is 2.78. The van der Waals surface area contributed by atoms with E-state index in [0.29, 0.717) is 23.0 Å². The van der Waals surface area contributed by atoms with E-state index in [1.165, 1.54) is 0 Å². The van der Waals surface area contributed by atoms with Gasteiger partial charge in [0.25, 0.3) is 6.01 Å². The number of amides is 1. The van der Waals surface area contributed by atoms with Crippen molar-refractivity contribution in [3.05, 3.63) is 23.2 Å². The van der Waals surface area contributed by atoms with E-state index in [9.17, 15) is 4.79 Å². The highest BCUT2D eigenvalue weighted by atomic mass is 35.5. The molecule has 2 fully saturated rings. The second-order valence-corrected chi connectivity index (χ2v) is 8.04. The molecule has 26 heavy (non-hydrogen) atoms. The van der Waals surface area contributed by atoms with E-state index in [1.54, 1.807) is 0 Å². The number of benzene rings is 1. The van der Waals surface area contributed by atoms with E-state index in [2.05, 4.69) is 21.8 Å². The summed E-state index contributed by atoms with van der Waals surface area (Å²) < 4.78 is 5.90. The highest BCUT2D eigenvalue weighted by molar-refractivity contribution is 6.31. The summed E-state index contributed by atoms with van der Waals surface area (Å²) in [5.74, 6) is 0.457. The molecule has 2 atom stereocenters. The van der Waals surface area contributed by atoms with E-state index >= 15 is 0 Å². The minimum absolute atomic E-state index is 0.0241. The molecule has 2 aliphatic heterocycles. The average molecular weight is 377 g/mol. The molecule has 2 saturated heterocycles. The van der Waals surface area contributed by atoms with Crippen LogP contribution in [0.3, 0.4) is 0 Å². The van der Waals surface area contributed by atoms with Crippen molar-refractivity contribution in [3.8, 4) is 0 Å². The van der Waals surface area contributed by atoms with Gasteiger partial charge in [-0.05, 0) is 63.4 Å². The summed E-state index contributed by atoms with van der Waals surface area (Å²) >= 11 is 6.03. The van der Waals surface area contributed by atoms with Gasteiger partial charge in [0.15, 0.2) is 5.58 Å². The highest BCUT2D eigenvalue weighted by Crippen LogP contribution is 2.34. The van der Waals surface area contributed by atoms with Crippen molar-refractivity contribution in [2.75, 3.05) is 31.6 Å². The monoisotopic (exact) mass is 376 g/mol. The number of hydrogen-bond acceptors (Lipinski definition) is 5. The van der Waals surface area contributed by atoms with Gasteiger partial charge in [0.1, 0.15) is 5.52 Å². The Morgan fingerprint density at radius 1 is 1.27 bits per heavy atom. The number of rotatable bonds is 3. The zero-order chi connectivity index (χ0) is 18.3. The fraction of sp³-hybridized carbons (Fsp3) is 0.579. The molecule has 2 N–H and O–H groups in total. The Morgan fingerprint density at radius 3 is 2.77 bits per heavy atom. The number of nitrogens with two attached hydrogens (primary N) is 1. The van der Waals surface area contributed by atoms with Crippen molar-refractivity contribution in [2.45, 2.75) is 31.7 Å². The number of anilines is 1. The van der Waals surface area contributed by atoms with Crippen molar-refractivity contribution in [1.82, 2.24) is 9.88 Å². The number of hydrogen-bond donors (Lipinski definition) is 1. The van der Waals surface area contributed by atoms with Gasteiger partial charge in [-0.15, -0.1) is 0 Å². The Bertz CT molecular complexity index is 800. The standard InChI is InChI=1S/C19H25ClN4O2/c1-23-7-4-13(18(21)25)10-16(23)12-5-8-24(9-6-12)19-22-15-11-14(20)2-3-17(15)26-19/h2-3,11-13,16H,4-10H2,1H3,(H2,21,25). The van der Waals surface area contributed by atoms with Gasteiger partial charge >= 0.3 is 0 Å². The maximum absolute atomic E-state index is 11.6. The molecule has 0 saturated carbocycles. The Labute approximate surface area is 158 Å². The van der Waals surface area contributed by atoms with Crippen LogP contribution >= 0.6 is 11.6 Å². The first kappa shape index (κ1) is 17.6. The summed E-state index contributed by atoms with van der Waals surface area (Å²) in [6.07, 6.45) is 3.91. The fourth-order valence-corrected chi connectivity index (χ4v) is 4.59. The predicted octanol–water partition coefficient (Wildman–Crippen LogP) is 2.89. The molecule has 0 spiro atoms. The average Bonchev–Trinajstić information content (AvgIpc) is 3.05. The maximum atomic E-state index is 11.6. The molecule has 1 aromatic carbocycles. The smallest absolute Gasteiger partial charge is 0.298 e. The van der Waals surface area contributed by atoms with Gasteiger partial charge in [0, 0.05) is 30.1 Å². The zero-order valence-corrected chi connectivity index (χ0v) is 15.8. The molecule has 6 nitrogen and oxygen atoms in total. The summed E-state index contributed by atoms with van der Waals surface area (Å²) in [5, 5.41) is 0.667. The third kappa shape index (κ3) is 3.40. The molecule has 4 rings (SSSR count). The quantitative estimate of drug-likeness (QED) is 0.891. The van der Waals surface area contributed by atoms with Crippen molar-refractivity contribution >= 4 is 34.6 Å². The maximum Gasteiger partial charge on any atom is 0.298 e. The lowest BCUT2D eigenvalue weighted by molar-refractivity contribution is -0.124. The SMILES string of the molecule is CN1CCC(C(N)=O)CC1C1CCN(c2nc3cc(Cl)ccc3o2)CC1. The van der Waals surface area contributed by atoms with E-state index in [4.69, 9.17) is 21.8 Å². The van der Waals surface area contributed by atoms with Gasteiger partial charge in [0.05, 0.1) is 0 Å². The number of carbonyl (C=O) groups is 1. The number of likely N-dealkylation sites (tertiary alicyclic amines) is 1. The molecule has 1 aromatic heterocycles. The first-order valence-electron chi connectivity index (χ1n) is 9.32. The molecule has 2 unspecified atom stereocenters. The third-order valence-corrected chi connectivity index (χ3v) is 6.25. The molecule has 0 bridgehead atoms. The van der Waals surface area contributed by atoms with Crippen LogP contribution in [0.15, 0.2) is 22.6 Å². The first-order chi connectivity index (χ1) is 12.5. The van der Waals surface area contributed by atoms with Crippen LogP contribution in [0.2, 0.25) is 5.02 Å². The van der Waals surface area contributed by atoms with Gasteiger partial charge < -0.3 is 20.0 Å². The first-order valence-corrected chi connectivity index (χ1v) is 9.69. The Hall–Kier alpha value is -1.79. The molecule has 7 heteroatoms. The summed E-state index contributed by atoms with van der Waals surface area (Å²) in [6, 6.07) is 6.62. The largest absolute Gasteiger partial charge is 0.423 e. The molecule has 2 aromatic rings. The van der Waals surface area contributed by atoms with Crippen LogP contribution in [0, 0.1) is 11.8 Å². The molecular weight excluding hydrogens is 352 g/mol. The van der Waals surface area contributed by atoms with E-state index in [0.717, 1.165) is 56.4 Å². The molecule has 1 amide bonds. The van der Waals surface area contributed by atoms with Crippen LogP contribution in [0.25, 0.3) is 11.1 Å². The summed E-state index contributed by atoms with van der Waals surface area (Å²) in [4.78, 5) is 20.8. The number of aromatic nitrogens is 1. The third-order valence-electron chi connectivity index (χ3n) is 6.02. The van der Waals surface area contributed by atoms with Gasteiger partial charge in [0.2, 0.25) is 5.91 Å². The van der Waals surface area contributed by atoms with Crippen molar-refractivity contribution in [1.29, 1.82) is 0 Å². The summed E-state index contributed by atoms with van der Waals surface area (Å²) in [7, 11) is 2.17. The molecule has 3 heterocycles. The number of piperidine rings is 2. The predicted molar refractivity (Wildman–Crippen MR) is 102 cm³/mol. The van der Waals surface area contributed by atoms with Crippen LogP contribution < -0.4 is 10.6 Å². The molecule has 0 aliphatic carbocycles. The number of fused-ring (bicyclic) bond motifs is 1. The second kappa shape index (κ2) is 7.08. The molecule has 2 aliphatic rings. The fourth-order valence-electron chi connectivity index (χ4n) is 4.42. The van der Waals surface area contributed by atoms with Gasteiger partial charge in [-0.25, -0.2) is 0 Å². The van der Waals surface area contributed by atoms with Crippen molar-refractivity contribution < 1.29 is 9.21 Å². The lowest BCUT2D eigenvalue weighted by Gasteiger charge is -2.43. The normalized spacial score (nSPS) is 25.7. The summed E-state index contributed by atoms with van der Waals surface area (Å²) in [5.41, 5.74) is 7.12. The molecule has 140 valence electrons. The van der Waals surface area contributed by atoms with E-state index < -0.39 is 0 Å². The minimum Gasteiger partial charge on any atom is -0.423 e. The van der Waals surface area contributed by atoms with Gasteiger partial charge in [-0.1, -0.05) is 11.6 Å². The van der Waals surface area contributed by atoms with Crippen LogP contribution in [0.1, 0.15) is 25.7 Å². The Morgan fingerprint density at radius 2 is 2.04 bits per heavy atom. The van der Waals surface area contributed by atoms with Crippen LogP contribution in [-0.4, -0.2) is 48.5 Å². The molecular formula is C19H25ClN4O2. The topological polar surface area (TPSA) is 75.6 Å². The van der Waals surface area contributed by atoms with Gasteiger partial charge in [-0.3, -0.25) is 4.79 Å². The lowest BCUT2D eigenvalue weighted by Crippen LogP contribution is -2.49. The number of carbonyl (C=O) groups excluding carboxylic acids is 1. The number of oxazole rings is 1. The number of nitrogens with zero attached hydrogens (tertiary/aromatic N) is 3. The zero-order valence-electron chi connectivity index (χ0n) is 15.0. The highest BCUT2D eigenvalue weighted by Gasteiger charge is 2.36. The van der Waals surface area contributed by atoms with Crippen molar-refractivity contribution in [2.24, 2.45) is 17.6 Å². The van der Waals surface area contributed by atoms with E-state index in [-0.39, 0.29) is 11.8 Å². The van der Waals surface area contributed by atoms with Crippen molar-refractivity contribution in [3.63, 3.8) is 0 Å². The minimum atomic E-state index is -0.148. The van der Waals surface area contributed by atoms with Gasteiger partial charge in [-0.2, -0.15) is 4.98 Å². The number of halogens is 1. The lowest BCUT2D eigenvalue weighted by atomic mass is 9.80. The van der Waals surface area contributed by atoms with Crippen LogP contribution in [-0.2, 0) is 4.79 Å². The Balaban J connectivity index is 1.42. The van der Waals surface area contributed by atoms with Crippen LogP contribution in [0.5, 0.6) is 0 Å². The number of primary amides is 1. The van der Waals surface area contributed by atoms with Crippen LogP contribution in [0.4, 0.5) is 6.01 Å². The Kier molecular flexibility index (Phi) is 4.80. The second-order valence-electron chi connectivity index (χ2n) is 7.60.